The number of rotatable bonds is 7. The predicted molar refractivity (Wildman–Crippen MR) is 69.5 cm³/mol. The second kappa shape index (κ2) is 16.5. The molecule has 1 unspecified atom stereocenters. The molecular formula is C12H23NaO3S. The molecule has 0 saturated heterocycles. The van der Waals surface area contributed by atoms with Crippen LogP contribution in [0.3, 0.4) is 0 Å². The molecule has 0 aromatic rings. The number of carboxylic acids is 1. The van der Waals surface area contributed by atoms with E-state index in [-0.39, 0.29) is 47.5 Å². The second-order valence-electron chi connectivity index (χ2n) is 3.70. The summed E-state index contributed by atoms with van der Waals surface area (Å²) in [6.45, 7) is 8.42. The molecule has 0 bridgehead atoms. The molecular weight excluding hydrogens is 247 g/mol. The van der Waals surface area contributed by atoms with Crippen molar-refractivity contribution in [3.8, 4) is 0 Å². The Bertz CT molecular complexity index is 184. The van der Waals surface area contributed by atoms with Gasteiger partial charge in [-0.2, -0.15) is 5.92 Å². The molecule has 1 atom stereocenters. The summed E-state index contributed by atoms with van der Waals surface area (Å²) in [4.78, 5) is 19.7. The fraction of sp³-hybridized carbons (Fsp3) is 0.750. The third-order valence-corrected chi connectivity index (χ3v) is 2.32. The molecule has 1 N–H and O–H groups in total. The molecule has 0 aromatic carbocycles. The Labute approximate surface area is 132 Å². The Morgan fingerprint density at radius 3 is 2.06 bits per heavy atom. The van der Waals surface area contributed by atoms with Crippen LogP contribution in [0.1, 0.15) is 52.4 Å². The molecule has 0 spiro atoms. The number of thiol groups is 1. The zero-order valence-corrected chi connectivity index (χ0v) is 14.1. The van der Waals surface area contributed by atoms with Crippen LogP contribution < -0.4 is 29.6 Å². The van der Waals surface area contributed by atoms with Crippen molar-refractivity contribution in [2.75, 3.05) is 0 Å². The topological polar surface area (TPSA) is 54.4 Å². The third kappa shape index (κ3) is 26.2. The summed E-state index contributed by atoms with van der Waals surface area (Å²) >= 11 is 3.37. The van der Waals surface area contributed by atoms with Gasteiger partial charge in [-0.05, 0) is 0 Å². The zero-order valence-electron chi connectivity index (χ0n) is 11.2. The fourth-order valence-electron chi connectivity index (χ4n) is 0.911. The van der Waals surface area contributed by atoms with Crippen LogP contribution in [0.15, 0.2) is 0 Å². The van der Waals surface area contributed by atoms with Crippen molar-refractivity contribution in [3.05, 3.63) is 6.92 Å². The van der Waals surface area contributed by atoms with Gasteiger partial charge in [0, 0.05) is 6.42 Å². The van der Waals surface area contributed by atoms with E-state index in [2.05, 4.69) is 33.4 Å². The molecule has 0 aromatic heterocycles. The van der Waals surface area contributed by atoms with Gasteiger partial charge in [0.05, 0.1) is 6.42 Å². The molecule has 0 heterocycles. The SMILES string of the molecule is O=C(O)CCC(=O)S.[CH2-]C(CC)CCCC.[Na+]. The summed E-state index contributed by atoms with van der Waals surface area (Å²) in [5, 5.41) is 7.59. The van der Waals surface area contributed by atoms with Gasteiger partial charge in [-0.15, -0.1) is 12.6 Å². The van der Waals surface area contributed by atoms with Crippen molar-refractivity contribution in [2.45, 2.75) is 52.4 Å². The molecule has 0 aliphatic carbocycles. The minimum Gasteiger partial charge on any atom is -0.481 e. The number of carboxylic acid groups (broad SMARTS) is 1. The molecule has 96 valence electrons. The Hall–Kier alpha value is 0.490. The van der Waals surface area contributed by atoms with Gasteiger partial charge in [-0.1, -0.05) is 39.5 Å². The van der Waals surface area contributed by atoms with E-state index in [0.29, 0.717) is 5.92 Å². The van der Waals surface area contributed by atoms with Gasteiger partial charge in [0.15, 0.2) is 5.12 Å². The van der Waals surface area contributed by atoms with Crippen LogP contribution in [0.5, 0.6) is 0 Å². The Balaban J connectivity index is -0.000000218. The molecule has 0 radical (unpaired) electrons. The first-order valence-electron chi connectivity index (χ1n) is 5.70. The Morgan fingerprint density at radius 1 is 1.29 bits per heavy atom. The standard InChI is InChI=1S/C8H17.C4H6O3S.Na/c1-4-6-7-8(3)5-2;5-3(6)1-2-4(7)8;/h8H,3-7H2,1-2H3;1-2H2,(H,5,6)(H,7,8);/q-1;;+1. The fourth-order valence-corrected chi connectivity index (χ4v) is 1.02. The van der Waals surface area contributed by atoms with E-state index in [0.717, 1.165) is 0 Å². The van der Waals surface area contributed by atoms with Crippen LogP contribution >= 0.6 is 12.6 Å². The molecule has 5 heteroatoms. The summed E-state index contributed by atoms with van der Waals surface area (Å²) in [6.07, 6.45) is 5.10. The number of hydrogen-bond donors (Lipinski definition) is 2. The minimum absolute atomic E-state index is 0. The normalized spacial score (nSPS) is 10.6. The van der Waals surface area contributed by atoms with E-state index in [4.69, 9.17) is 5.11 Å². The summed E-state index contributed by atoms with van der Waals surface area (Å²) in [5.41, 5.74) is 0. The first-order chi connectivity index (χ1) is 7.43. The summed E-state index contributed by atoms with van der Waals surface area (Å²) in [7, 11) is 0. The summed E-state index contributed by atoms with van der Waals surface area (Å²) in [6, 6.07) is 0. The van der Waals surface area contributed by atoms with Gasteiger partial charge in [-0.3, -0.25) is 9.59 Å². The second-order valence-corrected chi connectivity index (χ2v) is 4.20. The summed E-state index contributed by atoms with van der Waals surface area (Å²) < 4.78 is 0. The van der Waals surface area contributed by atoms with Crippen molar-refractivity contribution in [2.24, 2.45) is 5.92 Å². The molecule has 3 nitrogen and oxygen atoms in total. The van der Waals surface area contributed by atoms with E-state index in [1.54, 1.807) is 0 Å². The van der Waals surface area contributed by atoms with Crippen LogP contribution in [0, 0.1) is 12.8 Å². The minimum atomic E-state index is -0.965. The molecule has 0 fully saturated rings. The first-order valence-corrected chi connectivity index (χ1v) is 6.15. The predicted octanol–water partition coefficient (Wildman–Crippen LogP) is 0.348. The molecule has 0 rings (SSSR count). The van der Waals surface area contributed by atoms with E-state index in [1.165, 1.54) is 25.7 Å². The zero-order chi connectivity index (χ0) is 13.0. The molecule has 0 aliphatic rings. The smallest absolute Gasteiger partial charge is 0.481 e. The van der Waals surface area contributed by atoms with Gasteiger partial charge in [0.25, 0.3) is 0 Å². The largest absolute Gasteiger partial charge is 1.00 e. The molecule has 17 heavy (non-hydrogen) atoms. The number of unbranched alkanes of at least 4 members (excludes halogenated alkanes) is 1. The maximum absolute atomic E-state index is 9.95. The van der Waals surface area contributed by atoms with Crippen LogP contribution in [-0.2, 0) is 9.59 Å². The third-order valence-electron chi connectivity index (χ3n) is 2.10. The average Bonchev–Trinajstić information content (AvgIpc) is 2.23. The quantitative estimate of drug-likeness (QED) is 0.399. The number of aliphatic carboxylic acids is 1. The average molecular weight is 270 g/mol. The van der Waals surface area contributed by atoms with Crippen molar-refractivity contribution < 1.29 is 44.3 Å². The van der Waals surface area contributed by atoms with Gasteiger partial charge in [-0.25, -0.2) is 0 Å². The van der Waals surface area contributed by atoms with Crippen molar-refractivity contribution in [1.29, 1.82) is 0 Å². The van der Waals surface area contributed by atoms with Crippen LogP contribution in [0.4, 0.5) is 0 Å². The monoisotopic (exact) mass is 270 g/mol. The van der Waals surface area contributed by atoms with Crippen molar-refractivity contribution in [1.82, 2.24) is 0 Å². The van der Waals surface area contributed by atoms with Gasteiger partial charge >= 0.3 is 35.5 Å². The van der Waals surface area contributed by atoms with Crippen LogP contribution in [-0.4, -0.2) is 16.2 Å². The van der Waals surface area contributed by atoms with E-state index in [1.807, 2.05) is 0 Å². The number of hydrogen-bond acceptors (Lipinski definition) is 2. The maximum Gasteiger partial charge on any atom is 1.00 e. The first kappa shape index (κ1) is 22.7. The van der Waals surface area contributed by atoms with Crippen LogP contribution in [0.2, 0.25) is 0 Å². The molecule has 0 aliphatic heterocycles. The van der Waals surface area contributed by atoms with E-state index >= 15 is 0 Å². The maximum atomic E-state index is 9.95. The van der Waals surface area contributed by atoms with Crippen LogP contribution in [0.25, 0.3) is 0 Å². The summed E-state index contributed by atoms with van der Waals surface area (Å²) in [5.74, 6) is -0.262. The molecule has 0 saturated carbocycles. The van der Waals surface area contributed by atoms with Gasteiger partial charge < -0.3 is 12.0 Å². The van der Waals surface area contributed by atoms with Gasteiger partial charge in [0.1, 0.15) is 0 Å². The molecule has 0 amide bonds. The van der Waals surface area contributed by atoms with Crippen molar-refractivity contribution in [3.63, 3.8) is 0 Å². The van der Waals surface area contributed by atoms with Gasteiger partial charge in [0.2, 0.25) is 0 Å². The Kier molecular flexibility index (Phi) is 22.0. The number of carbonyl (C=O) groups is 2. The Morgan fingerprint density at radius 2 is 1.82 bits per heavy atom. The van der Waals surface area contributed by atoms with Crippen molar-refractivity contribution >= 4 is 23.7 Å². The van der Waals surface area contributed by atoms with E-state index < -0.39 is 5.97 Å². The number of carbonyl (C=O) groups excluding carboxylic acids is 1. The van der Waals surface area contributed by atoms with E-state index in [9.17, 15) is 9.59 Å².